The van der Waals surface area contributed by atoms with E-state index in [0.717, 1.165) is 21.3 Å². The van der Waals surface area contributed by atoms with Crippen LogP contribution in [-0.2, 0) is 16.8 Å². The maximum absolute atomic E-state index is 14.1. The first-order chi connectivity index (χ1) is 13.9. The van der Waals surface area contributed by atoms with Gasteiger partial charge in [-0.05, 0) is 63.5 Å². The number of methoxy groups -OCH3 is 1. The van der Waals surface area contributed by atoms with E-state index in [4.69, 9.17) is 14.2 Å². The third-order valence-corrected chi connectivity index (χ3v) is 5.25. The number of ether oxygens (including phenoxy) is 3. The number of hydrogen-bond donors (Lipinski definition) is 0. The first-order valence-electron chi connectivity index (χ1n) is 9.32. The third-order valence-electron chi connectivity index (χ3n) is 4.63. The van der Waals surface area contributed by atoms with Crippen molar-refractivity contribution in [2.24, 2.45) is 0 Å². The van der Waals surface area contributed by atoms with E-state index < -0.39 is 5.82 Å². The quantitative estimate of drug-likeness (QED) is 0.368. The van der Waals surface area contributed by atoms with E-state index >= 15 is 0 Å². The highest BCUT2D eigenvalue weighted by atomic mass is 79.9. The smallest absolute Gasteiger partial charge is 0.165 e. The van der Waals surface area contributed by atoms with E-state index in [2.05, 4.69) is 29.8 Å². The van der Waals surface area contributed by atoms with Crippen molar-refractivity contribution in [3.05, 3.63) is 88.1 Å². The molecule has 0 saturated carbocycles. The molecule has 0 spiro atoms. The van der Waals surface area contributed by atoms with Crippen molar-refractivity contribution in [3.63, 3.8) is 0 Å². The first-order valence-corrected chi connectivity index (χ1v) is 10.1. The highest BCUT2D eigenvalue weighted by Gasteiger charge is 2.22. The number of rotatable bonds is 8. The third kappa shape index (κ3) is 5.58. The van der Waals surface area contributed by atoms with Crippen LogP contribution in [0.25, 0.3) is 0 Å². The molecule has 3 aromatic rings. The first kappa shape index (κ1) is 21.3. The molecule has 29 heavy (non-hydrogen) atoms. The van der Waals surface area contributed by atoms with Gasteiger partial charge in [-0.25, -0.2) is 4.39 Å². The van der Waals surface area contributed by atoms with Gasteiger partial charge < -0.3 is 14.2 Å². The molecule has 0 unspecified atom stereocenters. The molecule has 152 valence electrons. The van der Waals surface area contributed by atoms with Crippen LogP contribution in [0.1, 0.15) is 25.0 Å². The number of benzene rings is 3. The molecule has 0 amide bonds. The summed E-state index contributed by atoms with van der Waals surface area (Å²) in [6.45, 7) is 5.12. The van der Waals surface area contributed by atoms with Crippen molar-refractivity contribution in [3.8, 4) is 17.2 Å². The van der Waals surface area contributed by atoms with Gasteiger partial charge in [0.05, 0.1) is 24.8 Å². The minimum Gasteiger partial charge on any atom is -0.496 e. The molecular weight excluding hydrogens is 435 g/mol. The second kappa shape index (κ2) is 9.42. The standard InChI is InChI=1S/C24H24BrFO3/c1-24(2,18-10-12-22(27-3)20(25)14-18)16-28-15-17-9-11-21(26)23(13-17)29-19-7-5-4-6-8-19/h4-14H,15-16H2,1-3H3. The Labute approximate surface area is 179 Å². The molecule has 0 atom stereocenters. The molecule has 0 fully saturated rings. The monoisotopic (exact) mass is 458 g/mol. The summed E-state index contributed by atoms with van der Waals surface area (Å²) in [5.74, 6) is 1.18. The van der Waals surface area contributed by atoms with E-state index in [9.17, 15) is 4.39 Å². The Balaban J connectivity index is 1.64. The lowest BCUT2D eigenvalue weighted by Gasteiger charge is -2.26. The molecule has 0 aromatic heterocycles. The Bertz CT molecular complexity index is 958. The molecule has 0 aliphatic heterocycles. The Hall–Kier alpha value is -2.37. The summed E-state index contributed by atoms with van der Waals surface area (Å²) in [5.41, 5.74) is 1.79. The number of hydrogen-bond acceptors (Lipinski definition) is 3. The van der Waals surface area contributed by atoms with Crippen LogP contribution in [0, 0.1) is 5.82 Å². The lowest BCUT2D eigenvalue weighted by Crippen LogP contribution is -2.24. The van der Waals surface area contributed by atoms with Gasteiger partial charge in [0.25, 0.3) is 0 Å². The zero-order valence-corrected chi connectivity index (χ0v) is 18.3. The van der Waals surface area contributed by atoms with Gasteiger partial charge in [0.15, 0.2) is 11.6 Å². The summed E-state index contributed by atoms with van der Waals surface area (Å²) in [6, 6.07) is 20.0. The Morgan fingerprint density at radius 3 is 2.38 bits per heavy atom. The SMILES string of the molecule is COc1ccc(C(C)(C)COCc2ccc(F)c(Oc3ccccc3)c2)cc1Br. The van der Waals surface area contributed by atoms with Gasteiger partial charge in [0.1, 0.15) is 11.5 Å². The van der Waals surface area contributed by atoms with Crippen LogP contribution in [0.3, 0.4) is 0 Å². The van der Waals surface area contributed by atoms with Crippen molar-refractivity contribution in [2.75, 3.05) is 13.7 Å². The van der Waals surface area contributed by atoms with E-state index in [1.165, 1.54) is 6.07 Å². The molecule has 0 N–H and O–H groups in total. The topological polar surface area (TPSA) is 27.7 Å². The summed E-state index contributed by atoms with van der Waals surface area (Å²) < 4.78 is 31.9. The Kier molecular flexibility index (Phi) is 6.93. The van der Waals surface area contributed by atoms with Crippen LogP contribution in [0.15, 0.2) is 71.2 Å². The van der Waals surface area contributed by atoms with E-state index in [1.807, 2.05) is 36.4 Å². The van der Waals surface area contributed by atoms with E-state index in [-0.39, 0.29) is 11.2 Å². The zero-order chi connectivity index (χ0) is 20.9. The Morgan fingerprint density at radius 1 is 0.931 bits per heavy atom. The minimum atomic E-state index is -0.402. The van der Waals surface area contributed by atoms with Gasteiger partial charge in [-0.1, -0.05) is 44.2 Å². The molecule has 0 aliphatic carbocycles. The predicted molar refractivity (Wildman–Crippen MR) is 116 cm³/mol. The fraction of sp³-hybridized carbons (Fsp3) is 0.250. The fourth-order valence-corrected chi connectivity index (χ4v) is 3.47. The minimum absolute atomic E-state index is 0.190. The lowest BCUT2D eigenvalue weighted by atomic mass is 9.85. The van der Waals surface area contributed by atoms with Crippen LogP contribution < -0.4 is 9.47 Å². The molecule has 0 heterocycles. The van der Waals surface area contributed by atoms with Crippen molar-refractivity contribution in [1.82, 2.24) is 0 Å². The highest BCUT2D eigenvalue weighted by Crippen LogP contribution is 2.32. The average molecular weight is 459 g/mol. The summed E-state index contributed by atoms with van der Waals surface area (Å²) in [4.78, 5) is 0. The van der Waals surface area contributed by atoms with Crippen molar-refractivity contribution >= 4 is 15.9 Å². The predicted octanol–water partition coefficient (Wildman–Crippen LogP) is 6.88. The number of para-hydroxylation sites is 1. The van der Waals surface area contributed by atoms with Gasteiger partial charge in [-0.3, -0.25) is 0 Å². The van der Waals surface area contributed by atoms with E-state index in [1.54, 1.807) is 31.4 Å². The summed E-state index contributed by atoms with van der Waals surface area (Å²) >= 11 is 3.53. The van der Waals surface area contributed by atoms with Crippen molar-refractivity contribution < 1.29 is 18.6 Å². The molecule has 5 heteroatoms. The van der Waals surface area contributed by atoms with Crippen LogP contribution >= 0.6 is 15.9 Å². The maximum atomic E-state index is 14.1. The summed E-state index contributed by atoms with van der Waals surface area (Å²) in [7, 11) is 1.65. The van der Waals surface area contributed by atoms with Crippen molar-refractivity contribution in [2.45, 2.75) is 25.9 Å². The van der Waals surface area contributed by atoms with Gasteiger partial charge in [-0.15, -0.1) is 0 Å². The van der Waals surface area contributed by atoms with Gasteiger partial charge in [0, 0.05) is 5.41 Å². The van der Waals surface area contributed by atoms with Crippen LogP contribution in [0.4, 0.5) is 4.39 Å². The number of halogens is 2. The highest BCUT2D eigenvalue weighted by molar-refractivity contribution is 9.10. The fourth-order valence-electron chi connectivity index (χ4n) is 2.93. The molecule has 0 radical (unpaired) electrons. The van der Waals surface area contributed by atoms with Gasteiger partial charge in [-0.2, -0.15) is 0 Å². The molecule has 0 aliphatic rings. The van der Waals surface area contributed by atoms with Crippen LogP contribution in [0.5, 0.6) is 17.2 Å². The average Bonchev–Trinajstić information content (AvgIpc) is 2.71. The summed E-state index contributed by atoms with van der Waals surface area (Å²) in [5, 5.41) is 0. The van der Waals surface area contributed by atoms with Gasteiger partial charge >= 0.3 is 0 Å². The second-order valence-corrected chi connectivity index (χ2v) is 8.26. The van der Waals surface area contributed by atoms with Crippen molar-refractivity contribution in [1.29, 1.82) is 0 Å². The normalized spacial score (nSPS) is 11.3. The zero-order valence-electron chi connectivity index (χ0n) is 16.7. The molecular formula is C24H24BrFO3. The summed E-state index contributed by atoms with van der Waals surface area (Å²) in [6.07, 6.45) is 0. The van der Waals surface area contributed by atoms with Gasteiger partial charge in [0.2, 0.25) is 0 Å². The molecule has 3 nitrogen and oxygen atoms in total. The maximum Gasteiger partial charge on any atom is 0.165 e. The van der Waals surface area contributed by atoms with E-state index in [0.29, 0.717) is 19.0 Å². The molecule has 3 aromatic carbocycles. The molecule has 0 saturated heterocycles. The second-order valence-electron chi connectivity index (χ2n) is 7.41. The van der Waals surface area contributed by atoms with Crippen LogP contribution in [0.2, 0.25) is 0 Å². The lowest BCUT2D eigenvalue weighted by molar-refractivity contribution is 0.0823. The molecule has 3 rings (SSSR count). The Morgan fingerprint density at radius 2 is 1.69 bits per heavy atom. The molecule has 0 bridgehead atoms. The largest absolute Gasteiger partial charge is 0.496 e. The van der Waals surface area contributed by atoms with Crippen LogP contribution in [-0.4, -0.2) is 13.7 Å².